The van der Waals surface area contributed by atoms with Crippen molar-refractivity contribution in [3.05, 3.63) is 81.3 Å². The lowest BCUT2D eigenvalue weighted by atomic mass is 10.2. The number of halogens is 2. The summed E-state index contributed by atoms with van der Waals surface area (Å²) in [6.45, 7) is 3.15. The van der Waals surface area contributed by atoms with Gasteiger partial charge in [-0.15, -0.1) is 10.2 Å². The van der Waals surface area contributed by atoms with Gasteiger partial charge in [0.2, 0.25) is 0 Å². The molecule has 36 heavy (non-hydrogen) atoms. The highest BCUT2D eigenvalue weighted by atomic mass is 79.9. The molecule has 10 heteroatoms. The summed E-state index contributed by atoms with van der Waals surface area (Å²) in [5.74, 6) is 1.44. The maximum Gasteiger partial charge on any atom is 0.265 e. The Morgan fingerprint density at radius 2 is 1.92 bits per heavy atom. The van der Waals surface area contributed by atoms with E-state index in [2.05, 4.69) is 59.2 Å². The first-order chi connectivity index (χ1) is 17.6. The number of nitrogens with zero attached hydrogens (tertiary/aromatic N) is 5. The van der Waals surface area contributed by atoms with Crippen LogP contribution in [0.25, 0.3) is 22.1 Å². The van der Waals surface area contributed by atoms with Crippen LogP contribution in [0.15, 0.2) is 70.2 Å². The summed E-state index contributed by atoms with van der Waals surface area (Å²) in [4.78, 5) is 4.64. The number of benzene rings is 3. The summed E-state index contributed by atoms with van der Waals surface area (Å²) < 4.78 is 14.4. The number of aryl methyl sites for hydroxylation is 1. The second kappa shape index (κ2) is 10.5. The van der Waals surface area contributed by atoms with Gasteiger partial charge in [-0.05, 0) is 52.7 Å². The summed E-state index contributed by atoms with van der Waals surface area (Å²) in [5, 5.41) is 14.6. The topological polar surface area (TPSA) is 86.5 Å². The highest BCUT2D eigenvalue weighted by molar-refractivity contribution is 9.10. The Labute approximate surface area is 221 Å². The number of ether oxygens (including phenoxy) is 2. The Bertz CT molecular complexity index is 1590. The highest BCUT2D eigenvalue weighted by Gasteiger charge is 2.14. The van der Waals surface area contributed by atoms with Crippen LogP contribution in [0.2, 0.25) is 5.02 Å². The number of para-hydroxylation sites is 1. The fraction of sp³-hybridized carbons (Fsp3) is 0.154. The van der Waals surface area contributed by atoms with Crippen LogP contribution in [0.5, 0.6) is 11.5 Å². The standard InChI is InChI=1S/C26H22BrClN6O2/c1-3-34-21-11-7-5-9-18(21)23-25(34)30-26(33-31-23)32-29-14-16-12-19(27)24(22(13-16)35-2)36-15-17-8-4-6-10-20(17)28/h4-14H,3,15H2,1-2H3,(H,30,32,33)/b29-14+. The van der Waals surface area contributed by atoms with Crippen LogP contribution in [-0.4, -0.2) is 33.1 Å². The van der Waals surface area contributed by atoms with E-state index in [1.807, 2.05) is 54.6 Å². The molecule has 0 bridgehead atoms. The van der Waals surface area contributed by atoms with Crippen molar-refractivity contribution in [1.82, 2.24) is 19.7 Å². The van der Waals surface area contributed by atoms with E-state index in [0.29, 0.717) is 29.1 Å². The molecule has 1 N–H and O–H groups in total. The third-order valence-electron chi connectivity index (χ3n) is 5.65. The lowest BCUT2D eigenvalue weighted by Crippen LogP contribution is -2.02. The lowest BCUT2D eigenvalue weighted by molar-refractivity contribution is 0.282. The molecule has 0 aliphatic carbocycles. The third-order valence-corrected chi connectivity index (χ3v) is 6.61. The van der Waals surface area contributed by atoms with E-state index < -0.39 is 0 Å². The van der Waals surface area contributed by atoms with Gasteiger partial charge in [0.05, 0.1) is 23.3 Å². The third kappa shape index (κ3) is 4.72. The zero-order valence-corrected chi connectivity index (χ0v) is 21.9. The van der Waals surface area contributed by atoms with Crippen molar-refractivity contribution in [3.63, 3.8) is 0 Å². The molecule has 0 unspecified atom stereocenters. The molecule has 5 rings (SSSR count). The van der Waals surface area contributed by atoms with Gasteiger partial charge in [-0.1, -0.05) is 48.0 Å². The van der Waals surface area contributed by atoms with Crippen molar-refractivity contribution < 1.29 is 9.47 Å². The first-order valence-corrected chi connectivity index (χ1v) is 12.4. The molecule has 2 aromatic heterocycles. The van der Waals surface area contributed by atoms with Crippen molar-refractivity contribution in [2.45, 2.75) is 20.1 Å². The van der Waals surface area contributed by atoms with Gasteiger partial charge in [0.1, 0.15) is 12.1 Å². The van der Waals surface area contributed by atoms with Crippen LogP contribution in [-0.2, 0) is 13.2 Å². The maximum atomic E-state index is 6.24. The smallest absolute Gasteiger partial charge is 0.265 e. The number of aromatic nitrogens is 4. The molecule has 0 saturated heterocycles. The van der Waals surface area contributed by atoms with Gasteiger partial charge < -0.3 is 14.0 Å². The highest BCUT2D eigenvalue weighted by Crippen LogP contribution is 2.37. The Hall–Kier alpha value is -3.69. The zero-order chi connectivity index (χ0) is 25.1. The van der Waals surface area contributed by atoms with E-state index in [9.17, 15) is 0 Å². The number of rotatable bonds is 8. The molecular weight excluding hydrogens is 544 g/mol. The second-order valence-corrected chi connectivity index (χ2v) is 9.11. The average molecular weight is 566 g/mol. The Balaban J connectivity index is 1.35. The second-order valence-electron chi connectivity index (χ2n) is 7.85. The van der Waals surface area contributed by atoms with Crippen LogP contribution in [0.3, 0.4) is 0 Å². The average Bonchev–Trinajstić information content (AvgIpc) is 3.21. The van der Waals surface area contributed by atoms with Gasteiger partial charge in [-0.3, -0.25) is 0 Å². The largest absolute Gasteiger partial charge is 0.493 e. The van der Waals surface area contributed by atoms with E-state index in [0.717, 1.165) is 44.2 Å². The minimum Gasteiger partial charge on any atom is -0.493 e. The van der Waals surface area contributed by atoms with E-state index in [4.69, 9.17) is 21.1 Å². The van der Waals surface area contributed by atoms with Crippen molar-refractivity contribution in [2.75, 3.05) is 12.5 Å². The molecule has 2 heterocycles. The fourth-order valence-corrected chi connectivity index (χ4v) is 4.72. The number of anilines is 1. The van der Waals surface area contributed by atoms with Gasteiger partial charge >= 0.3 is 0 Å². The van der Waals surface area contributed by atoms with Gasteiger partial charge in [0, 0.05) is 22.5 Å². The number of fused-ring (bicyclic) bond motifs is 3. The SMILES string of the molecule is CCn1c2ccccc2c2nnc(N/N=C/c3cc(Br)c(OCc4ccccc4Cl)c(OC)c3)nc21. The molecule has 0 saturated carbocycles. The molecule has 8 nitrogen and oxygen atoms in total. The van der Waals surface area contributed by atoms with Crippen LogP contribution in [0.4, 0.5) is 5.95 Å². The quantitative estimate of drug-likeness (QED) is 0.172. The predicted molar refractivity (Wildman–Crippen MR) is 146 cm³/mol. The van der Waals surface area contributed by atoms with Gasteiger partial charge in [-0.25, -0.2) is 5.43 Å². The zero-order valence-electron chi connectivity index (χ0n) is 19.6. The summed E-state index contributed by atoms with van der Waals surface area (Å²) in [7, 11) is 1.59. The summed E-state index contributed by atoms with van der Waals surface area (Å²) in [5.41, 5.74) is 7.15. The van der Waals surface area contributed by atoms with Gasteiger partial charge in [-0.2, -0.15) is 10.1 Å². The number of nitrogens with one attached hydrogen (secondary N) is 1. The first kappa shape index (κ1) is 24.0. The number of hydrogen-bond acceptors (Lipinski definition) is 7. The molecule has 0 spiro atoms. The molecule has 0 amide bonds. The lowest BCUT2D eigenvalue weighted by Gasteiger charge is -2.14. The normalized spacial score (nSPS) is 11.4. The summed E-state index contributed by atoms with van der Waals surface area (Å²) >= 11 is 9.81. The minimum absolute atomic E-state index is 0.307. The number of hydrogen-bond donors (Lipinski definition) is 1. The summed E-state index contributed by atoms with van der Waals surface area (Å²) in [6, 6.07) is 19.3. The molecule has 0 aliphatic rings. The molecule has 3 aromatic carbocycles. The van der Waals surface area contributed by atoms with Crippen molar-refractivity contribution in [3.8, 4) is 11.5 Å². The van der Waals surface area contributed by atoms with E-state index in [1.54, 1.807) is 13.3 Å². The number of methoxy groups -OCH3 is 1. The van der Waals surface area contributed by atoms with E-state index >= 15 is 0 Å². The number of hydrazone groups is 1. The molecule has 0 fully saturated rings. The molecule has 5 aromatic rings. The Morgan fingerprint density at radius 3 is 2.72 bits per heavy atom. The molecule has 182 valence electrons. The van der Waals surface area contributed by atoms with E-state index in [-0.39, 0.29) is 0 Å². The van der Waals surface area contributed by atoms with Crippen molar-refractivity contribution in [1.29, 1.82) is 0 Å². The Kier molecular flexibility index (Phi) is 7.02. The van der Waals surface area contributed by atoms with Gasteiger partial charge in [0.25, 0.3) is 5.95 Å². The molecule has 0 atom stereocenters. The van der Waals surface area contributed by atoms with Crippen LogP contribution in [0, 0.1) is 0 Å². The minimum atomic E-state index is 0.307. The van der Waals surface area contributed by atoms with Crippen LogP contribution >= 0.6 is 27.5 Å². The monoisotopic (exact) mass is 564 g/mol. The molecule has 0 radical (unpaired) electrons. The maximum absolute atomic E-state index is 6.24. The molecular formula is C26H22BrClN6O2. The van der Waals surface area contributed by atoms with Crippen molar-refractivity contribution in [2.24, 2.45) is 5.10 Å². The van der Waals surface area contributed by atoms with Crippen molar-refractivity contribution >= 4 is 61.8 Å². The fourth-order valence-electron chi connectivity index (χ4n) is 3.96. The van der Waals surface area contributed by atoms with Gasteiger partial charge in [0.15, 0.2) is 17.1 Å². The summed E-state index contributed by atoms with van der Waals surface area (Å²) in [6.07, 6.45) is 1.65. The predicted octanol–water partition coefficient (Wildman–Crippen LogP) is 6.45. The Morgan fingerprint density at radius 1 is 1.11 bits per heavy atom. The first-order valence-electron chi connectivity index (χ1n) is 11.2. The molecule has 0 aliphatic heterocycles. The van der Waals surface area contributed by atoms with Crippen LogP contribution < -0.4 is 14.9 Å². The van der Waals surface area contributed by atoms with Crippen LogP contribution in [0.1, 0.15) is 18.1 Å². The van der Waals surface area contributed by atoms with E-state index in [1.165, 1.54) is 0 Å².